The molecule has 0 spiro atoms. The van der Waals surface area contributed by atoms with Gasteiger partial charge >= 0.3 is 0 Å². The number of anilines is 1. The van der Waals surface area contributed by atoms with Crippen molar-refractivity contribution in [2.75, 3.05) is 5.73 Å². The third kappa shape index (κ3) is 2.00. The zero-order valence-electron chi connectivity index (χ0n) is 11.6. The summed E-state index contributed by atoms with van der Waals surface area (Å²) < 4.78 is 0. The van der Waals surface area contributed by atoms with E-state index in [0.717, 1.165) is 6.42 Å². The Balaban J connectivity index is 1.53. The number of amides is 1. The first-order valence-corrected chi connectivity index (χ1v) is 7.95. The Kier molecular flexibility index (Phi) is 3.10. The third-order valence-electron chi connectivity index (χ3n) is 4.71. The van der Waals surface area contributed by atoms with Crippen LogP contribution in [0.25, 0.3) is 0 Å². The summed E-state index contributed by atoms with van der Waals surface area (Å²) >= 11 is 12.0. The molecule has 2 aromatic carbocycles. The zero-order chi connectivity index (χ0) is 15.4. The first kappa shape index (κ1) is 13.9. The van der Waals surface area contributed by atoms with Gasteiger partial charge in [-0.3, -0.25) is 4.79 Å². The standard InChI is InChI=1S/C17H14Cl2N2O/c18-12-6-5-10(14(19)15(12)20)17(22)21-16-11-7-8-3-1-2-4-9(8)13(11)16/h1-6,11,13,16H,7,20H2,(H,21,22)/t11-,13-,16+/m0/s1. The fourth-order valence-electron chi connectivity index (χ4n) is 3.52. The Morgan fingerprint density at radius 2 is 1.95 bits per heavy atom. The van der Waals surface area contributed by atoms with Crippen molar-refractivity contribution in [3.05, 3.63) is 63.1 Å². The molecule has 2 aliphatic carbocycles. The van der Waals surface area contributed by atoms with Gasteiger partial charge in [0.1, 0.15) is 0 Å². The van der Waals surface area contributed by atoms with Crippen molar-refractivity contribution in [3.63, 3.8) is 0 Å². The van der Waals surface area contributed by atoms with Gasteiger partial charge in [0.2, 0.25) is 0 Å². The smallest absolute Gasteiger partial charge is 0.253 e. The Morgan fingerprint density at radius 1 is 1.18 bits per heavy atom. The number of halogens is 2. The van der Waals surface area contributed by atoms with Crippen LogP contribution in [-0.2, 0) is 6.42 Å². The molecule has 2 aromatic rings. The predicted octanol–water partition coefficient (Wildman–Crippen LogP) is 3.64. The number of hydrogen-bond acceptors (Lipinski definition) is 2. The molecule has 3 N–H and O–H groups in total. The highest BCUT2D eigenvalue weighted by Crippen LogP contribution is 2.56. The van der Waals surface area contributed by atoms with Crippen LogP contribution in [0.3, 0.4) is 0 Å². The lowest BCUT2D eigenvalue weighted by Crippen LogP contribution is -2.29. The fourth-order valence-corrected chi connectivity index (χ4v) is 3.98. The highest BCUT2D eigenvalue weighted by atomic mass is 35.5. The Hall–Kier alpha value is -1.71. The molecular formula is C17H14Cl2N2O. The van der Waals surface area contributed by atoms with E-state index in [2.05, 4.69) is 29.6 Å². The van der Waals surface area contributed by atoms with Gasteiger partial charge in [-0.2, -0.15) is 0 Å². The first-order chi connectivity index (χ1) is 10.6. The second kappa shape index (κ2) is 4.90. The van der Waals surface area contributed by atoms with Gasteiger partial charge in [0.25, 0.3) is 5.91 Å². The number of nitrogen functional groups attached to an aromatic ring is 1. The summed E-state index contributed by atoms with van der Waals surface area (Å²) in [7, 11) is 0. The van der Waals surface area contributed by atoms with E-state index in [4.69, 9.17) is 28.9 Å². The summed E-state index contributed by atoms with van der Waals surface area (Å²) in [6.07, 6.45) is 1.03. The van der Waals surface area contributed by atoms with Crippen molar-refractivity contribution in [2.24, 2.45) is 5.92 Å². The molecule has 0 aliphatic heterocycles. The Bertz CT molecular complexity index is 790. The molecule has 0 radical (unpaired) electrons. The molecule has 0 unspecified atom stereocenters. The molecule has 3 nitrogen and oxygen atoms in total. The molecule has 0 heterocycles. The van der Waals surface area contributed by atoms with Crippen LogP contribution in [0.2, 0.25) is 10.0 Å². The zero-order valence-corrected chi connectivity index (χ0v) is 13.2. The molecule has 4 rings (SSSR count). The van der Waals surface area contributed by atoms with Crippen molar-refractivity contribution >= 4 is 34.8 Å². The fraction of sp³-hybridized carbons (Fsp3) is 0.235. The van der Waals surface area contributed by atoms with Crippen molar-refractivity contribution in [1.29, 1.82) is 0 Å². The second-order valence-corrected chi connectivity index (χ2v) is 6.70. The molecule has 5 heteroatoms. The topological polar surface area (TPSA) is 55.1 Å². The molecule has 0 saturated heterocycles. The summed E-state index contributed by atoms with van der Waals surface area (Å²) in [5.74, 6) is 0.749. The van der Waals surface area contributed by atoms with Gasteiger partial charge in [-0.15, -0.1) is 0 Å². The first-order valence-electron chi connectivity index (χ1n) is 7.20. The number of rotatable bonds is 2. The Morgan fingerprint density at radius 3 is 2.77 bits per heavy atom. The number of nitrogens with one attached hydrogen (secondary N) is 1. The van der Waals surface area contributed by atoms with Crippen LogP contribution >= 0.6 is 23.2 Å². The average molecular weight is 333 g/mol. The van der Waals surface area contributed by atoms with Gasteiger partial charge in [-0.05, 0) is 35.6 Å². The van der Waals surface area contributed by atoms with Crippen LogP contribution in [0.5, 0.6) is 0 Å². The van der Waals surface area contributed by atoms with Crippen LogP contribution < -0.4 is 11.1 Å². The van der Waals surface area contributed by atoms with Crippen molar-refractivity contribution < 1.29 is 4.79 Å². The molecule has 1 saturated carbocycles. The van der Waals surface area contributed by atoms with Gasteiger partial charge in [0.15, 0.2) is 0 Å². The minimum Gasteiger partial charge on any atom is -0.396 e. The maximum Gasteiger partial charge on any atom is 0.253 e. The van der Waals surface area contributed by atoms with Crippen LogP contribution in [0.15, 0.2) is 36.4 Å². The molecule has 1 fully saturated rings. The molecule has 0 bridgehead atoms. The van der Waals surface area contributed by atoms with Crippen LogP contribution in [0, 0.1) is 5.92 Å². The van der Waals surface area contributed by atoms with E-state index < -0.39 is 0 Å². The molecule has 2 aliphatic rings. The van der Waals surface area contributed by atoms with Crippen LogP contribution in [0.4, 0.5) is 5.69 Å². The summed E-state index contributed by atoms with van der Waals surface area (Å²) in [6.45, 7) is 0. The lowest BCUT2D eigenvalue weighted by atomic mass is 10.0. The van der Waals surface area contributed by atoms with Crippen molar-refractivity contribution in [3.8, 4) is 0 Å². The maximum absolute atomic E-state index is 12.4. The van der Waals surface area contributed by atoms with E-state index in [-0.39, 0.29) is 22.7 Å². The molecule has 22 heavy (non-hydrogen) atoms. The largest absolute Gasteiger partial charge is 0.396 e. The minimum absolute atomic E-state index is 0.190. The van der Waals surface area contributed by atoms with E-state index in [1.165, 1.54) is 11.1 Å². The number of nitrogens with two attached hydrogens (primary N) is 1. The normalized spacial score (nSPS) is 24.5. The monoisotopic (exact) mass is 332 g/mol. The van der Waals surface area contributed by atoms with E-state index in [0.29, 0.717) is 22.4 Å². The molecule has 1 amide bonds. The lowest BCUT2D eigenvalue weighted by molar-refractivity contribution is 0.0948. The quantitative estimate of drug-likeness (QED) is 0.825. The van der Waals surface area contributed by atoms with Gasteiger partial charge in [0.05, 0.1) is 21.3 Å². The number of fused-ring (bicyclic) bond motifs is 3. The van der Waals surface area contributed by atoms with Crippen molar-refractivity contribution in [1.82, 2.24) is 5.32 Å². The molecule has 3 atom stereocenters. The highest BCUT2D eigenvalue weighted by Gasteiger charge is 2.56. The summed E-state index contributed by atoms with van der Waals surface area (Å²) in [6, 6.07) is 11.8. The van der Waals surface area contributed by atoms with Gasteiger partial charge in [0, 0.05) is 12.0 Å². The second-order valence-electron chi connectivity index (χ2n) is 5.91. The van der Waals surface area contributed by atoms with E-state index in [9.17, 15) is 4.79 Å². The summed E-state index contributed by atoms with van der Waals surface area (Å²) in [5, 5.41) is 3.66. The summed E-state index contributed by atoms with van der Waals surface area (Å²) in [4.78, 5) is 12.4. The summed E-state index contributed by atoms with van der Waals surface area (Å²) in [5.41, 5.74) is 9.16. The predicted molar refractivity (Wildman–Crippen MR) is 88.5 cm³/mol. The maximum atomic E-state index is 12.4. The van der Waals surface area contributed by atoms with Crippen molar-refractivity contribution in [2.45, 2.75) is 18.4 Å². The number of benzene rings is 2. The molecule has 112 valence electrons. The molecular weight excluding hydrogens is 319 g/mol. The third-order valence-corrected chi connectivity index (χ3v) is 5.44. The SMILES string of the molecule is Nc1c(Cl)ccc(C(=O)N[C@@H]2[C@H]3Cc4ccccc4[C@@H]32)c1Cl. The minimum atomic E-state index is -0.190. The number of hydrogen-bond donors (Lipinski definition) is 2. The lowest BCUT2D eigenvalue weighted by Gasteiger charge is -2.11. The number of carbonyl (C=O) groups excluding carboxylic acids is 1. The van der Waals surface area contributed by atoms with Gasteiger partial charge < -0.3 is 11.1 Å². The van der Waals surface area contributed by atoms with E-state index in [1.54, 1.807) is 12.1 Å². The van der Waals surface area contributed by atoms with Crippen LogP contribution in [-0.4, -0.2) is 11.9 Å². The van der Waals surface area contributed by atoms with E-state index >= 15 is 0 Å². The van der Waals surface area contributed by atoms with E-state index in [1.807, 2.05) is 0 Å². The van der Waals surface area contributed by atoms with Crippen LogP contribution in [0.1, 0.15) is 27.4 Å². The number of carbonyl (C=O) groups is 1. The van der Waals surface area contributed by atoms with Gasteiger partial charge in [-0.1, -0.05) is 47.5 Å². The molecule has 0 aromatic heterocycles. The van der Waals surface area contributed by atoms with Gasteiger partial charge in [-0.25, -0.2) is 0 Å². The Labute approximate surface area is 138 Å². The highest BCUT2D eigenvalue weighted by molar-refractivity contribution is 6.40. The average Bonchev–Trinajstić information content (AvgIpc) is 3.02.